The van der Waals surface area contributed by atoms with E-state index in [0.29, 0.717) is 0 Å². The molecule has 1 saturated heterocycles. The number of nitrogen functional groups attached to an aromatic ring is 1. The van der Waals surface area contributed by atoms with E-state index < -0.39 is 32.9 Å². The maximum atomic E-state index is 13.6. The number of halogens is 1. The fourth-order valence-corrected chi connectivity index (χ4v) is 3.49. The smallest absolute Gasteiger partial charge is 0.248 e. The third kappa shape index (κ3) is 2.07. The second kappa shape index (κ2) is 4.47. The molecule has 1 aliphatic rings. The third-order valence-electron chi connectivity index (χ3n) is 2.82. The van der Waals surface area contributed by atoms with E-state index in [0.717, 1.165) is 10.4 Å². The van der Waals surface area contributed by atoms with E-state index in [1.165, 1.54) is 12.1 Å². The van der Waals surface area contributed by atoms with Gasteiger partial charge in [-0.2, -0.15) is 4.31 Å². The summed E-state index contributed by atoms with van der Waals surface area (Å²) in [6, 6.07) is 3.57. The summed E-state index contributed by atoms with van der Waals surface area (Å²) in [5.41, 5.74) is 5.27. The minimum Gasteiger partial charge on any atom is -0.398 e. The predicted molar refractivity (Wildman–Crippen MR) is 61.6 cm³/mol. The maximum Gasteiger partial charge on any atom is 0.248 e. The van der Waals surface area contributed by atoms with Gasteiger partial charge < -0.3 is 15.9 Å². The number of benzene rings is 1. The highest BCUT2D eigenvalue weighted by atomic mass is 32.2. The van der Waals surface area contributed by atoms with Gasteiger partial charge in [0.15, 0.2) is 0 Å². The number of anilines is 1. The number of hydrogen-bond donors (Lipinski definition) is 3. The van der Waals surface area contributed by atoms with E-state index in [4.69, 9.17) is 5.73 Å². The average molecular weight is 276 g/mol. The maximum absolute atomic E-state index is 13.6. The monoisotopic (exact) mass is 276 g/mol. The van der Waals surface area contributed by atoms with Crippen LogP contribution in [-0.2, 0) is 10.0 Å². The molecule has 1 aromatic carbocycles. The first-order valence-corrected chi connectivity index (χ1v) is 6.68. The van der Waals surface area contributed by atoms with E-state index in [9.17, 15) is 23.0 Å². The highest BCUT2D eigenvalue weighted by molar-refractivity contribution is 7.89. The van der Waals surface area contributed by atoms with Gasteiger partial charge in [0.05, 0.1) is 17.9 Å². The lowest BCUT2D eigenvalue weighted by atomic mass is 10.3. The van der Waals surface area contributed by atoms with Gasteiger partial charge in [-0.05, 0) is 12.1 Å². The van der Waals surface area contributed by atoms with Crippen LogP contribution in [0.3, 0.4) is 0 Å². The molecule has 100 valence electrons. The molecule has 0 saturated carbocycles. The van der Waals surface area contributed by atoms with Gasteiger partial charge in [0, 0.05) is 13.1 Å². The van der Waals surface area contributed by atoms with E-state index in [1.807, 2.05) is 0 Å². The second-order valence-electron chi connectivity index (χ2n) is 4.11. The van der Waals surface area contributed by atoms with Crippen molar-refractivity contribution >= 4 is 15.7 Å². The molecule has 2 atom stereocenters. The third-order valence-corrected chi connectivity index (χ3v) is 4.75. The molecule has 18 heavy (non-hydrogen) atoms. The van der Waals surface area contributed by atoms with Gasteiger partial charge in [-0.1, -0.05) is 6.07 Å². The SMILES string of the molecule is Nc1cccc(F)c1S(=O)(=O)N1CC(O)C(O)C1. The molecule has 4 N–H and O–H groups in total. The Hall–Kier alpha value is -1.22. The molecule has 1 heterocycles. The van der Waals surface area contributed by atoms with E-state index in [2.05, 4.69) is 0 Å². The Balaban J connectivity index is 2.44. The highest BCUT2D eigenvalue weighted by Crippen LogP contribution is 2.27. The van der Waals surface area contributed by atoms with Crippen molar-refractivity contribution in [1.82, 2.24) is 4.31 Å². The summed E-state index contributed by atoms with van der Waals surface area (Å²) in [5, 5.41) is 18.7. The molecule has 2 unspecified atom stereocenters. The zero-order valence-corrected chi connectivity index (χ0v) is 10.1. The molecule has 0 amide bonds. The summed E-state index contributed by atoms with van der Waals surface area (Å²) >= 11 is 0. The van der Waals surface area contributed by atoms with Crippen molar-refractivity contribution in [2.75, 3.05) is 18.8 Å². The fourth-order valence-electron chi connectivity index (χ4n) is 1.86. The van der Waals surface area contributed by atoms with Crippen LogP contribution < -0.4 is 5.73 Å². The van der Waals surface area contributed by atoms with Gasteiger partial charge in [0.1, 0.15) is 10.7 Å². The number of aliphatic hydroxyl groups is 2. The molecule has 0 bridgehead atoms. The molecular formula is C10H13FN2O4S. The number of aliphatic hydroxyl groups excluding tert-OH is 2. The van der Waals surface area contributed by atoms with Gasteiger partial charge in [-0.25, -0.2) is 12.8 Å². The average Bonchev–Trinajstić information content (AvgIpc) is 2.59. The van der Waals surface area contributed by atoms with E-state index in [1.54, 1.807) is 0 Å². The van der Waals surface area contributed by atoms with Crippen molar-refractivity contribution in [3.8, 4) is 0 Å². The lowest BCUT2D eigenvalue weighted by Gasteiger charge is -2.17. The minimum atomic E-state index is -4.15. The predicted octanol–water partition coefficient (Wildman–Crippen LogP) is -0.866. The van der Waals surface area contributed by atoms with Crippen LogP contribution in [0.15, 0.2) is 23.1 Å². The van der Waals surface area contributed by atoms with E-state index in [-0.39, 0.29) is 18.8 Å². The molecule has 1 aromatic rings. The molecule has 1 fully saturated rings. The standard InChI is InChI=1S/C10H13FN2O4S/c11-6-2-1-3-7(12)10(6)18(16,17)13-4-8(14)9(15)5-13/h1-3,8-9,14-15H,4-5,12H2. The number of rotatable bonds is 2. The molecule has 0 aliphatic carbocycles. The van der Waals surface area contributed by atoms with Crippen molar-refractivity contribution in [2.45, 2.75) is 17.1 Å². The van der Waals surface area contributed by atoms with Crippen LogP contribution in [0.1, 0.15) is 0 Å². The quantitative estimate of drug-likeness (QED) is 0.609. The molecule has 6 nitrogen and oxygen atoms in total. The van der Waals surface area contributed by atoms with Crippen LogP contribution in [0.4, 0.5) is 10.1 Å². The normalized spacial score (nSPS) is 25.5. The Morgan fingerprint density at radius 2 is 1.83 bits per heavy atom. The Morgan fingerprint density at radius 1 is 1.28 bits per heavy atom. The molecule has 1 aliphatic heterocycles. The Morgan fingerprint density at radius 3 is 2.33 bits per heavy atom. The molecule has 2 rings (SSSR count). The number of β-amino-alcohol motifs (C(OH)–C–C–N with tert-alkyl or cyclic N) is 2. The molecule has 0 spiro atoms. The van der Waals surface area contributed by atoms with Gasteiger partial charge in [-0.15, -0.1) is 0 Å². The first-order chi connectivity index (χ1) is 8.34. The number of nitrogens with two attached hydrogens (primary N) is 1. The molecular weight excluding hydrogens is 263 g/mol. The molecule has 8 heteroatoms. The Bertz CT molecular complexity index is 533. The van der Waals surface area contributed by atoms with E-state index >= 15 is 0 Å². The Kier molecular flexibility index (Phi) is 3.28. The lowest BCUT2D eigenvalue weighted by molar-refractivity contribution is 0.0572. The summed E-state index contributed by atoms with van der Waals surface area (Å²) in [6.45, 7) is -0.561. The van der Waals surface area contributed by atoms with Gasteiger partial charge in [0.2, 0.25) is 10.0 Å². The van der Waals surface area contributed by atoms with Crippen LogP contribution in [0.2, 0.25) is 0 Å². The summed E-state index contributed by atoms with van der Waals surface area (Å²) < 4.78 is 38.7. The van der Waals surface area contributed by atoms with Crippen molar-refractivity contribution in [1.29, 1.82) is 0 Å². The number of sulfonamides is 1. The zero-order valence-electron chi connectivity index (χ0n) is 9.32. The van der Waals surface area contributed by atoms with Crippen molar-refractivity contribution in [2.24, 2.45) is 0 Å². The van der Waals surface area contributed by atoms with Crippen LogP contribution >= 0.6 is 0 Å². The Labute approximate surface area is 103 Å². The fraction of sp³-hybridized carbons (Fsp3) is 0.400. The molecule has 0 aromatic heterocycles. The van der Waals surface area contributed by atoms with Crippen LogP contribution in [0.5, 0.6) is 0 Å². The van der Waals surface area contributed by atoms with Crippen molar-refractivity contribution < 1.29 is 23.0 Å². The van der Waals surface area contributed by atoms with Crippen LogP contribution in [0.25, 0.3) is 0 Å². The summed E-state index contributed by atoms with van der Waals surface area (Å²) in [4.78, 5) is -0.619. The topological polar surface area (TPSA) is 104 Å². The number of hydrogen-bond acceptors (Lipinski definition) is 5. The highest BCUT2D eigenvalue weighted by Gasteiger charge is 2.39. The summed E-state index contributed by atoms with van der Waals surface area (Å²) in [5.74, 6) is -0.953. The summed E-state index contributed by atoms with van der Waals surface area (Å²) in [7, 11) is -4.15. The number of nitrogens with zero attached hydrogens (tertiary/aromatic N) is 1. The van der Waals surface area contributed by atoms with Crippen molar-refractivity contribution in [3.05, 3.63) is 24.0 Å². The van der Waals surface area contributed by atoms with Crippen LogP contribution in [-0.4, -0.2) is 48.2 Å². The lowest BCUT2D eigenvalue weighted by Crippen LogP contribution is -2.31. The van der Waals surface area contributed by atoms with Gasteiger partial charge in [0.25, 0.3) is 0 Å². The van der Waals surface area contributed by atoms with Gasteiger partial charge >= 0.3 is 0 Å². The largest absolute Gasteiger partial charge is 0.398 e. The van der Waals surface area contributed by atoms with Crippen molar-refractivity contribution in [3.63, 3.8) is 0 Å². The minimum absolute atomic E-state index is 0.203. The molecule has 0 radical (unpaired) electrons. The summed E-state index contributed by atoms with van der Waals surface area (Å²) in [6.07, 6.45) is -2.35. The second-order valence-corrected chi connectivity index (χ2v) is 5.99. The van der Waals surface area contributed by atoms with Crippen LogP contribution in [0, 0.1) is 5.82 Å². The first-order valence-electron chi connectivity index (χ1n) is 5.24. The van der Waals surface area contributed by atoms with Gasteiger partial charge in [-0.3, -0.25) is 0 Å². The zero-order chi connectivity index (χ0) is 13.5. The first kappa shape index (κ1) is 13.2.